The van der Waals surface area contributed by atoms with Crippen LogP contribution in [0.4, 0.5) is 4.39 Å². The van der Waals surface area contributed by atoms with E-state index < -0.39 is 47.3 Å². The molecule has 2 fully saturated rings. The second-order valence-corrected chi connectivity index (χ2v) is 11.7. The Bertz CT molecular complexity index is 911. The molecule has 0 aliphatic carbocycles. The van der Waals surface area contributed by atoms with Crippen LogP contribution in [0.1, 0.15) is 44.6 Å². The van der Waals surface area contributed by atoms with Crippen molar-refractivity contribution in [2.75, 3.05) is 12.8 Å². The second-order valence-electron chi connectivity index (χ2n) is 10.1. The number of hydrogen-bond acceptors (Lipinski definition) is 8. The van der Waals surface area contributed by atoms with E-state index in [1.165, 1.54) is 23.9 Å². The number of ether oxygens (including phenoxy) is 1. The number of rotatable bonds is 10. The van der Waals surface area contributed by atoms with Gasteiger partial charge in [-0.25, -0.2) is 4.39 Å². The van der Waals surface area contributed by atoms with Crippen molar-refractivity contribution in [2.45, 2.75) is 92.9 Å². The molecule has 0 saturated carbocycles. The first-order valence-electron chi connectivity index (χ1n) is 13.0. The van der Waals surface area contributed by atoms with Crippen molar-refractivity contribution in [1.29, 1.82) is 0 Å². The molecule has 0 bridgehead atoms. The van der Waals surface area contributed by atoms with Gasteiger partial charge in [-0.1, -0.05) is 12.1 Å². The number of halogens is 2. The normalized spacial score (nSPS) is 31.6. The SMILES string of the molecule is CSC1O[C@H]([C@H](NC(=O)[C@@H]2CC[C@H](CCC(=O)NCc3ccc(F)cc3)CCN2)[C@H](C)Cl)C(O)C(O)[C@H]1O. The lowest BCUT2D eigenvalue weighted by molar-refractivity contribution is -0.205. The van der Waals surface area contributed by atoms with Gasteiger partial charge in [0, 0.05) is 13.0 Å². The minimum Gasteiger partial charge on any atom is -0.388 e. The summed E-state index contributed by atoms with van der Waals surface area (Å²) in [6, 6.07) is 4.74. The summed E-state index contributed by atoms with van der Waals surface area (Å²) in [6.45, 7) is 2.63. The van der Waals surface area contributed by atoms with Gasteiger partial charge in [0.2, 0.25) is 11.8 Å². The topological polar surface area (TPSA) is 140 Å². The molecule has 2 aliphatic rings. The molecular formula is C26H39ClFN3O6S. The minimum atomic E-state index is -1.43. The third-order valence-corrected chi connectivity index (χ3v) is 8.43. The number of thioether (sulfide) groups is 1. The summed E-state index contributed by atoms with van der Waals surface area (Å²) in [5.41, 5.74) is 0.0653. The Balaban J connectivity index is 1.47. The summed E-state index contributed by atoms with van der Waals surface area (Å²) in [5, 5.41) is 39.4. The van der Waals surface area contributed by atoms with Crippen LogP contribution in [-0.2, 0) is 20.9 Å². The van der Waals surface area contributed by atoms with Gasteiger partial charge in [-0.15, -0.1) is 23.4 Å². The van der Waals surface area contributed by atoms with Crippen molar-refractivity contribution < 1.29 is 34.0 Å². The average Bonchev–Trinajstić information content (AvgIpc) is 3.15. The molecule has 2 saturated heterocycles. The molecule has 6 N–H and O–H groups in total. The van der Waals surface area contributed by atoms with Crippen LogP contribution in [0.2, 0.25) is 0 Å². The standard InChI is InChI=1S/C26H39ClFN3O6S/c1-14(27)20(24-22(34)21(33)23(35)26(37-24)38-2)31-25(36)18-9-5-15(11-12-29-18)6-10-19(32)30-13-16-3-7-17(28)8-4-16/h3-4,7-8,14-15,18,20-24,26,29,33-35H,5-6,9-13H2,1-2H3,(H,30,32)(H,31,36)/t14-,15+,18-,20+,21?,22?,23+,24+,26?/m0/s1. The Morgan fingerprint density at radius 1 is 1.16 bits per heavy atom. The highest BCUT2D eigenvalue weighted by Crippen LogP contribution is 2.30. The number of carbonyl (C=O) groups excluding carboxylic acids is 2. The number of nitrogens with one attached hydrogen (secondary N) is 3. The van der Waals surface area contributed by atoms with E-state index in [1.807, 2.05) is 0 Å². The van der Waals surface area contributed by atoms with Gasteiger partial charge in [-0.2, -0.15) is 0 Å². The van der Waals surface area contributed by atoms with E-state index in [9.17, 15) is 29.3 Å². The summed E-state index contributed by atoms with van der Waals surface area (Å²) in [6.07, 6.45) is -0.146. The molecule has 2 heterocycles. The van der Waals surface area contributed by atoms with E-state index in [0.29, 0.717) is 32.4 Å². The Hall–Kier alpha value is -1.47. The zero-order valence-electron chi connectivity index (χ0n) is 21.7. The smallest absolute Gasteiger partial charge is 0.237 e. The first-order valence-corrected chi connectivity index (χ1v) is 14.7. The van der Waals surface area contributed by atoms with Crippen LogP contribution < -0.4 is 16.0 Å². The van der Waals surface area contributed by atoms with Crippen LogP contribution in [0.5, 0.6) is 0 Å². The summed E-state index contributed by atoms with van der Waals surface area (Å²) in [4.78, 5) is 25.4. The van der Waals surface area contributed by atoms with E-state index >= 15 is 0 Å². The summed E-state index contributed by atoms with van der Waals surface area (Å²) in [5.74, 6) is -0.384. The van der Waals surface area contributed by atoms with Gasteiger partial charge in [0.15, 0.2) is 0 Å². The monoisotopic (exact) mass is 575 g/mol. The first kappa shape index (κ1) is 31.1. The van der Waals surface area contributed by atoms with E-state index in [4.69, 9.17) is 16.3 Å². The molecule has 38 heavy (non-hydrogen) atoms. The molecular weight excluding hydrogens is 537 g/mol. The Labute approximate surface area is 232 Å². The molecule has 0 spiro atoms. The lowest BCUT2D eigenvalue weighted by atomic mass is 9.92. The van der Waals surface area contributed by atoms with Crippen molar-refractivity contribution in [3.05, 3.63) is 35.6 Å². The molecule has 1 aromatic carbocycles. The third-order valence-electron chi connectivity index (χ3n) is 7.30. The Kier molecular flexibility index (Phi) is 12.1. The van der Waals surface area contributed by atoms with Crippen LogP contribution in [0.15, 0.2) is 24.3 Å². The van der Waals surface area contributed by atoms with Gasteiger partial charge >= 0.3 is 0 Å². The molecule has 2 aliphatic heterocycles. The number of hydrogen-bond donors (Lipinski definition) is 6. The van der Waals surface area contributed by atoms with Crippen LogP contribution in [0.3, 0.4) is 0 Å². The second kappa shape index (κ2) is 14.8. The lowest BCUT2D eigenvalue weighted by Crippen LogP contribution is -2.65. The van der Waals surface area contributed by atoms with Gasteiger partial charge < -0.3 is 36.0 Å². The Morgan fingerprint density at radius 3 is 2.53 bits per heavy atom. The number of carbonyl (C=O) groups is 2. The van der Waals surface area contributed by atoms with Crippen molar-refractivity contribution in [2.24, 2.45) is 5.92 Å². The predicted octanol–water partition coefficient (Wildman–Crippen LogP) is 1.26. The molecule has 0 aromatic heterocycles. The highest BCUT2D eigenvalue weighted by molar-refractivity contribution is 7.99. The van der Waals surface area contributed by atoms with Crippen molar-refractivity contribution in [3.8, 4) is 0 Å². The fraction of sp³-hybridized carbons (Fsp3) is 0.692. The molecule has 9 atom stereocenters. The molecule has 0 radical (unpaired) electrons. The fourth-order valence-electron chi connectivity index (χ4n) is 4.94. The van der Waals surface area contributed by atoms with Crippen LogP contribution in [0, 0.1) is 11.7 Å². The summed E-state index contributed by atoms with van der Waals surface area (Å²) >= 11 is 7.56. The zero-order chi connectivity index (χ0) is 27.8. The maximum absolute atomic E-state index is 13.2. The van der Waals surface area contributed by atoms with E-state index in [2.05, 4.69) is 16.0 Å². The number of benzene rings is 1. The van der Waals surface area contributed by atoms with E-state index in [-0.39, 0.29) is 23.5 Å². The first-order chi connectivity index (χ1) is 18.1. The largest absolute Gasteiger partial charge is 0.388 e. The quantitative estimate of drug-likeness (QED) is 0.229. The highest BCUT2D eigenvalue weighted by atomic mass is 35.5. The van der Waals surface area contributed by atoms with Gasteiger partial charge in [-0.3, -0.25) is 9.59 Å². The summed E-state index contributed by atoms with van der Waals surface area (Å²) in [7, 11) is 0. The number of amides is 2. The fourth-order valence-corrected chi connectivity index (χ4v) is 5.82. The maximum atomic E-state index is 13.2. The van der Waals surface area contributed by atoms with Gasteiger partial charge in [0.1, 0.15) is 35.7 Å². The Morgan fingerprint density at radius 2 is 1.87 bits per heavy atom. The average molecular weight is 576 g/mol. The molecule has 3 rings (SSSR count). The summed E-state index contributed by atoms with van der Waals surface area (Å²) < 4.78 is 18.8. The highest BCUT2D eigenvalue weighted by Gasteiger charge is 2.48. The lowest BCUT2D eigenvalue weighted by Gasteiger charge is -2.44. The maximum Gasteiger partial charge on any atom is 0.237 e. The minimum absolute atomic E-state index is 0.0679. The molecule has 214 valence electrons. The zero-order valence-corrected chi connectivity index (χ0v) is 23.3. The van der Waals surface area contributed by atoms with Gasteiger partial charge in [-0.05, 0) is 69.0 Å². The number of aliphatic hydroxyl groups is 3. The van der Waals surface area contributed by atoms with Gasteiger partial charge in [0.05, 0.1) is 17.5 Å². The van der Waals surface area contributed by atoms with Crippen molar-refractivity contribution in [1.82, 2.24) is 16.0 Å². The van der Waals surface area contributed by atoms with Crippen LogP contribution in [-0.4, -0.2) is 87.2 Å². The third kappa shape index (κ3) is 8.51. The predicted molar refractivity (Wildman–Crippen MR) is 144 cm³/mol. The van der Waals surface area contributed by atoms with E-state index in [0.717, 1.165) is 18.4 Å². The molecule has 3 unspecified atom stereocenters. The molecule has 9 nitrogen and oxygen atoms in total. The van der Waals surface area contributed by atoms with Crippen molar-refractivity contribution in [3.63, 3.8) is 0 Å². The molecule has 1 aromatic rings. The van der Waals surface area contributed by atoms with Gasteiger partial charge in [0.25, 0.3) is 0 Å². The number of aliphatic hydroxyl groups excluding tert-OH is 3. The van der Waals surface area contributed by atoms with E-state index in [1.54, 1.807) is 25.3 Å². The molecule has 12 heteroatoms. The number of alkyl halides is 1. The molecule has 2 amide bonds. The van der Waals surface area contributed by atoms with Crippen LogP contribution >= 0.6 is 23.4 Å². The van der Waals surface area contributed by atoms with Crippen molar-refractivity contribution >= 4 is 35.2 Å². The van der Waals surface area contributed by atoms with Crippen LogP contribution in [0.25, 0.3) is 0 Å².